The third kappa shape index (κ3) is 33.7. The minimum absolute atomic E-state index is 0.0984. The molecule has 390 valence electrons. The van der Waals surface area contributed by atoms with Crippen molar-refractivity contribution in [1.29, 1.82) is 0 Å². The average Bonchev–Trinajstić information content (AvgIpc) is 3.32. The van der Waals surface area contributed by atoms with E-state index >= 15 is 0 Å². The molecule has 6 N–H and O–H groups in total. The quantitative estimate of drug-likeness (QED) is 0.0196. The third-order valence-electron chi connectivity index (χ3n) is 12.7. The highest BCUT2D eigenvalue weighted by atomic mass is 16.7. The zero-order chi connectivity index (χ0) is 49.0. The number of allylic oxidation sites excluding steroid dienone is 7. The van der Waals surface area contributed by atoms with Crippen molar-refractivity contribution in [3.05, 3.63) is 48.6 Å². The minimum atomic E-state index is -1.62. The Kier molecular flexibility index (Phi) is 41.9. The van der Waals surface area contributed by atoms with Crippen molar-refractivity contribution in [2.75, 3.05) is 13.2 Å². The number of esters is 1. The molecule has 1 heterocycles. The summed E-state index contributed by atoms with van der Waals surface area (Å²) in [4.78, 5) is 26.3. The van der Waals surface area contributed by atoms with Crippen LogP contribution in [-0.2, 0) is 23.8 Å². The first-order valence-corrected chi connectivity index (χ1v) is 27.4. The van der Waals surface area contributed by atoms with Gasteiger partial charge in [0.05, 0.1) is 25.4 Å². The van der Waals surface area contributed by atoms with Gasteiger partial charge in [0, 0.05) is 6.42 Å². The van der Waals surface area contributed by atoms with Gasteiger partial charge in [-0.25, -0.2) is 0 Å². The normalized spacial score (nSPS) is 20.4. The molecule has 0 aliphatic carbocycles. The van der Waals surface area contributed by atoms with E-state index in [-0.39, 0.29) is 13.0 Å². The van der Waals surface area contributed by atoms with Gasteiger partial charge in [-0.15, -0.1) is 0 Å². The van der Waals surface area contributed by atoms with E-state index in [2.05, 4.69) is 62.5 Å². The second kappa shape index (κ2) is 44.8. The highest BCUT2D eigenvalue weighted by Gasteiger charge is 2.47. The number of aliphatic hydroxyl groups excluding tert-OH is 5. The van der Waals surface area contributed by atoms with Crippen molar-refractivity contribution in [2.45, 2.75) is 282 Å². The molecular formula is C56H101NO10. The summed E-state index contributed by atoms with van der Waals surface area (Å²) in [6.45, 7) is 5.70. The van der Waals surface area contributed by atoms with Gasteiger partial charge in [-0.3, -0.25) is 9.59 Å². The van der Waals surface area contributed by atoms with Crippen molar-refractivity contribution >= 4 is 11.9 Å². The van der Waals surface area contributed by atoms with Gasteiger partial charge in [-0.05, 0) is 64.2 Å². The van der Waals surface area contributed by atoms with E-state index in [0.29, 0.717) is 19.3 Å². The van der Waals surface area contributed by atoms with Crippen LogP contribution in [0, 0.1) is 0 Å². The molecule has 0 saturated carbocycles. The summed E-state index contributed by atoms with van der Waals surface area (Å²) in [6.07, 6.45) is 41.6. The summed E-state index contributed by atoms with van der Waals surface area (Å²) in [6, 6.07) is -1.02. The summed E-state index contributed by atoms with van der Waals surface area (Å²) in [5.74, 6) is -1.22. The summed E-state index contributed by atoms with van der Waals surface area (Å²) >= 11 is 0. The van der Waals surface area contributed by atoms with Crippen LogP contribution in [0.3, 0.4) is 0 Å². The molecule has 0 spiro atoms. The lowest BCUT2D eigenvalue weighted by Gasteiger charge is -2.41. The number of nitrogens with one attached hydrogen (secondary N) is 1. The topological polar surface area (TPSA) is 175 Å². The molecule has 0 bridgehead atoms. The third-order valence-corrected chi connectivity index (χ3v) is 12.7. The highest BCUT2D eigenvalue weighted by molar-refractivity contribution is 5.80. The van der Waals surface area contributed by atoms with Crippen molar-refractivity contribution in [3.8, 4) is 0 Å². The van der Waals surface area contributed by atoms with Crippen molar-refractivity contribution in [3.63, 3.8) is 0 Å². The smallest absolute Gasteiger partial charge is 0.306 e. The molecule has 1 saturated heterocycles. The lowest BCUT2D eigenvalue weighted by atomic mass is 9.99. The van der Waals surface area contributed by atoms with Crippen LogP contribution >= 0.6 is 0 Å². The zero-order valence-electron chi connectivity index (χ0n) is 42.8. The largest absolute Gasteiger partial charge is 0.454 e. The van der Waals surface area contributed by atoms with Crippen LogP contribution in [0.2, 0.25) is 0 Å². The fourth-order valence-electron chi connectivity index (χ4n) is 8.30. The van der Waals surface area contributed by atoms with Crippen molar-refractivity contribution < 1.29 is 49.3 Å². The van der Waals surface area contributed by atoms with E-state index in [4.69, 9.17) is 14.2 Å². The van der Waals surface area contributed by atoms with Crippen LogP contribution in [0.4, 0.5) is 0 Å². The van der Waals surface area contributed by atoms with Gasteiger partial charge in [0.25, 0.3) is 0 Å². The van der Waals surface area contributed by atoms with Crippen LogP contribution in [0.25, 0.3) is 0 Å². The van der Waals surface area contributed by atoms with Crippen molar-refractivity contribution in [2.24, 2.45) is 0 Å². The Bertz CT molecular complexity index is 1270. The lowest BCUT2D eigenvalue weighted by Crippen LogP contribution is -2.61. The molecule has 67 heavy (non-hydrogen) atoms. The van der Waals surface area contributed by atoms with Gasteiger partial charge in [-0.1, -0.05) is 211 Å². The predicted molar refractivity (Wildman–Crippen MR) is 273 cm³/mol. The number of carbonyl (C=O) groups is 2. The fourth-order valence-corrected chi connectivity index (χ4v) is 8.30. The van der Waals surface area contributed by atoms with E-state index in [0.717, 1.165) is 83.5 Å². The van der Waals surface area contributed by atoms with Crippen LogP contribution < -0.4 is 5.32 Å². The number of unbranched alkanes of at least 4 members (excludes halogenated alkanes) is 25. The molecule has 8 atom stereocenters. The van der Waals surface area contributed by atoms with Crippen LogP contribution in [-0.4, -0.2) is 99.6 Å². The maximum absolute atomic E-state index is 13.3. The van der Waals surface area contributed by atoms with Gasteiger partial charge in [0.15, 0.2) is 12.4 Å². The Labute approximate surface area is 408 Å². The van der Waals surface area contributed by atoms with E-state index in [1.165, 1.54) is 103 Å². The number of rotatable bonds is 45. The summed E-state index contributed by atoms with van der Waals surface area (Å²) in [5.41, 5.74) is 0. The molecule has 11 heteroatoms. The Morgan fingerprint density at radius 1 is 0.582 bits per heavy atom. The highest BCUT2D eigenvalue weighted by Crippen LogP contribution is 2.26. The van der Waals surface area contributed by atoms with Gasteiger partial charge in [-0.2, -0.15) is 0 Å². The van der Waals surface area contributed by atoms with E-state index in [1.54, 1.807) is 6.08 Å². The molecule has 8 unspecified atom stereocenters. The molecule has 1 rings (SSSR count). The van der Waals surface area contributed by atoms with Crippen LogP contribution in [0.5, 0.6) is 0 Å². The predicted octanol–water partition coefficient (Wildman–Crippen LogP) is 11.7. The number of aliphatic hydroxyl groups is 5. The van der Waals surface area contributed by atoms with Crippen LogP contribution in [0.1, 0.15) is 233 Å². The van der Waals surface area contributed by atoms with Gasteiger partial charge in [0.2, 0.25) is 5.91 Å². The summed E-state index contributed by atoms with van der Waals surface area (Å²) in [7, 11) is 0. The number of hydrogen-bond acceptors (Lipinski definition) is 10. The maximum atomic E-state index is 13.3. The SMILES string of the molecule is CCCCC/C=C\C/C=C\C/C=C\CCCCCCC(=O)OC1C(OCC(NC(=O)C(O)CCCCCCCCCCCC)C(O)/C=C/CCCCCCCCCCC)OC(CO)C(O)C1O. The molecule has 0 aromatic rings. The molecule has 1 aliphatic rings. The Morgan fingerprint density at radius 2 is 1.03 bits per heavy atom. The van der Waals surface area contributed by atoms with Gasteiger partial charge >= 0.3 is 5.97 Å². The number of carbonyl (C=O) groups excluding carboxylic acids is 2. The summed E-state index contributed by atoms with van der Waals surface area (Å²) < 4.78 is 17.5. The van der Waals surface area contributed by atoms with E-state index in [9.17, 15) is 35.1 Å². The molecule has 1 aliphatic heterocycles. The summed E-state index contributed by atoms with van der Waals surface area (Å²) in [5, 5.41) is 56.6. The molecule has 0 aromatic carbocycles. The lowest BCUT2D eigenvalue weighted by molar-refractivity contribution is -0.305. The van der Waals surface area contributed by atoms with Gasteiger partial charge in [0.1, 0.15) is 24.4 Å². The standard InChI is InChI=1S/C56H101NO10/c1-4-7-10-13-16-19-22-23-24-25-26-27-29-32-35-38-41-44-51(61)67-54-53(63)52(62)50(45-58)66-56(54)65-46-47(48(59)42-39-36-33-31-28-20-17-14-11-8-5-2)57-55(64)49(60)43-40-37-34-30-21-18-15-12-9-6-3/h16,19,23-24,26-27,39,42,47-50,52-54,56,58-60,62-63H,4-15,17-18,20-22,25,28-38,40-41,43-46H2,1-3H3,(H,57,64)/b19-16-,24-23-,27-26-,42-39+. The second-order valence-corrected chi connectivity index (χ2v) is 19.0. The number of ether oxygens (including phenoxy) is 3. The van der Waals surface area contributed by atoms with Crippen molar-refractivity contribution in [1.82, 2.24) is 5.32 Å². The van der Waals surface area contributed by atoms with Crippen LogP contribution in [0.15, 0.2) is 48.6 Å². The molecular weight excluding hydrogens is 847 g/mol. The first-order chi connectivity index (χ1) is 32.7. The Balaban J connectivity index is 2.75. The van der Waals surface area contributed by atoms with E-state index in [1.807, 2.05) is 6.08 Å². The Morgan fingerprint density at radius 3 is 1.57 bits per heavy atom. The van der Waals surface area contributed by atoms with Gasteiger partial charge < -0.3 is 45.1 Å². The molecule has 1 amide bonds. The zero-order valence-corrected chi connectivity index (χ0v) is 42.8. The first kappa shape index (κ1) is 62.6. The maximum Gasteiger partial charge on any atom is 0.306 e. The molecule has 0 radical (unpaired) electrons. The molecule has 0 aromatic heterocycles. The minimum Gasteiger partial charge on any atom is -0.454 e. The number of hydrogen-bond donors (Lipinski definition) is 6. The number of amides is 1. The monoisotopic (exact) mass is 948 g/mol. The second-order valence-electron chi connectivity index (χ2n) is 19.0. The first-order valence-electron chi connectivity index (χ1n) is 27.4. The molecule has 1 fully saturated rings. The van der Waals surface area contributed by atoms with E-state index < -0.39 is 67.4 Å². The average molecular weight is 948 g/mol. The molecule has 11 nitrogen and oxygen atoms in total. The Hall–Kier alpha value is -2.38. The fraction of sp³-hybridized carbons (Fsp3) is 0.821.